The van der Waals surface area contributed by atoms with Gasteiger partial charge in [-0.1, -0.05) is 0 Å². The van der Waals surface area contributed by atoms with Crippen molar-refractivity contribution in [3.63, 3.8) is 0 Å². The molecule has 132 valence electrons. The summed E-state index contributed by atoms with van der Waals surface area (Å²) in [7, 11) is 0. The molecule has 0 fully saturated rings. The summed E-state index contributed by atoms with van der Waals surface area (Å²) in [6.45, 7) is 1.05. The Kier molecular flexibility index (Phi) is 5.26. The largest absolute Gasteiger partial charge is 0.484 e. The number of hydrogen-bond donors (Lipinski definition) is 2. The first-order chi connectivity index (χ1) is 11.7. The number of aryl methyl sites for hydroxylation is 1. The summed E-state index contributed by atoms with van der Waals surface area (Å²) in [5, 5.41) is 2.54. The first-order valence-corrected chi connectivity index (χ1v) is 7.04. The molecule has 1 aromatic carbocycles. The Bertz CT molecular complexity index is 789. The highest BCUT2D eigenvalue weighted by Crippen LogP contribution is 2.28. The Morgan fingerprint density at radius 2 is 1.80 bits per heavy atom. The third-order valence-electron chi connectivity index (χ3n) is 3.11. The quantitative estimate of drug-likeness (QED) is 0.864. The number of amides is 2. The van der Waals surface area contributed by atoms with Gasteiger partial charge in [-0.25, -0.2) is 4.98 Å². The van der Waals surface area contributed by atoms with Crippen molar-refractivity contribution in [2.24, 2.45) is 5.73 Å². The number of rotatable bonds is 5. The third kappa shape index (κ3) is 4.93. The Morgan fingerprint density at radius 3 is 2.32 bits per heavy atom. The SMILES string of the molecule is Cc1nc(C(F)(F)F)ccc1C(=O)Nc1ccc(OCC(N)=O)cc1. The first kappa shape index (κ1) is 18.2. The first-order valence-electron chi connectivity index (χ1n) is 7.04. The molecule has 0 unspecified atom stereocenters. The number of nitrogens with two attached hydrogens (primary N) is 1. The highest BCUT2D eigenvalue weighted by atomic mass is 19.4. The normalized spacial score (nSPS) is 11.0. The molecular formula is C16H14F3N3O3. The Labute approximate surface area is 140 Å². The summed E-state index contributed by atoms with van der Waals surface area (Å²) >= 11 is 0. The summed E-state index contributed by atoms with van der Waals surface area (Å²) in [4.78, 5) is 26.2. The number of anilines is 1. The van der Waals surface area contributed by atoms with Crippen molar-refractivity contribution in [3.8, 4) is 5.75 Å². The van der Waals surface area contributed by atoms with Gasteiger partial charge in [-0.2, -0.15) is 13.2 Å². The van der Waals surface area contributed by atoms with Crippen molar-refractivity contribution >= 4 is 17.5 Å². The Morgan fingerprint density at radius 1 is 1.16 bits per heavy atom. The summed E-state index contributed by atoms with van der Waals surface area (Å²) < 4.78 is 42.9. The number of ether oxygens (including phenoxy) is 1. The van der Waals surface area contributed by atoms with Crippen molar-refractivity contribution in [2.75, 3.05) is 11.9 Å². The summed E-state index contributed by atoms with van der Waals surface area (Å²) in [6.07, 6.45) is -4.57. The molecule has 0 aliphatic rings. The molecular weight excluding hydrogens is 339 g/mol. The van der Waals surface area contributed by atoms with Crippen LogP contribution >= 0.6 is 0 Å². The van der Waals surface area contributed by atoms with Gasteiger partial charge in [-0.05, 0) is 43.3 Å². The minimum Gasteiger partial charge on any atom is -0.484 e. The van der Waals surface area contributed by atoms with Crippen LogP contribution in [0.15, 0.2) is 36.4 Å². The van der Waals surface area contributed by atoms with E-state index in [1.54, 1.807) is 0 Å². The molecule has 0 saturated carbocycles. The molecule has 0 saturated heterocycles. The fourth-order valence-corrected chi connectivity index (χ4v) is 1.95. The van der Waals surface area contributed by atoms with Gasteiger partial charge < -0.3 is 15.8 Å². The topological polar surface area (TPSA) is 94.3 Å². The molecule has 9 heteroatoms. The van der Waals surface area contributed by atoms with Crippen LogP contribution in [0, 0.1) is 6.92 Å². The maximum absolute atomic E-state index is 12.6. The molecule has 0 aliphatic heterocycles. The Balaban J connectivity index is 2.08. The van der Waals surface area contributed by atoms with Crippen LogP contribution in [-0.2, 0) is 11.0 Å². The number of aromatic nitrogens is 1. The zero-order valence-electron chi connectivity index (χ0n) is 13.1. The molecule has 2 rings (SSSR count). The van der Waals surface area contributed by atoms with Crippen molar-refractivity contribution in [3.05, 3.63) is 53.3 Å². The van der Waals surface area contributed by atoms with E-state index in [4.69, 9.17) is 10.5 Å². The fourth-order valence-electron chi connectivity index (χ4n) is 1.95. The maximum atomic E-state index is 12.6. The number of benzene rings is 1. The smallest absolute Gasteiger partial charge is 0.433 e. The molecule has 2 amide bonds. The van der Waals surface area contributed by atoms with Crippen LogP contribution in [0.4, 0.5) is 18.9 Å². The van der Waals surface area contributed by atoms with E-state index in [0.717, 1.165) is 12.1 Å². The van der Waals surface area contributed by atoms with E-state index in [2.05, 4.69) is 10.3 Å². The van der Waals surface area contributed by atoms with Crippen LogP contribution in [0.3, 0.4) is 0 Å². The molecule has 0 spiro atoms. The van der Waals surface area contributed by atoms with Crippen LogP contribution in [0.1, 0.15) is 21.7 Å². The van der Waals surface area contributed by atoms with Crippen molar-refractivity contribution in [1.29, 1.82) is 0 Å². The lowest BCUT2D eigenvalue weighted by atomic mass is 10.1. The van der Waals surface area contributed by atoms with Gasteiger partial charge in [0.05, 0.1) is 11.3 Å². The van der Waals surface area contributed by atoms with E-state index in [1.807, 2.05) is 0 Å². The van der Waals surface area contributed by atoms with Crippen LogP contribution in [0.2, 0.25) is 0 Å². The van der Waals surface area contributed by atoms with Gasteiger partial charge in [0.2, 0.25) is 0 Å². The van der Waals surface area contributed by atoms with E-state index in [9.17, 15) is 22.8 Å². The monoisotopic (exact) mass is 353 g/mol. The van der Waals surface area contributed by atoms with E-state index < -0.39 is 23.7 Å². The van der Waals surface area contributed by atoms with E-state index in [0.29, 0.717) is 11.4 Å². The van der Waals surface area contributed by atoms with Gasteiger partial charge in [0.1, 0.15) is 11.4 Å². The molecule has 0 bridgehead atoms. The van der Waals surface area contributed by atoms with Gasteiger partial charge in [0.25, 0.3) is 11.8 Å². The van der Waals surface area contributed by atoms with Crippen LogP contribution in [0.25, 0.3) is 0 Å². The molecule has 1 aromatic heterocycles. The van der Waals surface area contributed by atoms with Gasteiger partial charge in [-0.15, -0.1) is 0 Å². The number of pyridine rings is 1. The Hall–Kier alpha value is -3.10. The van der Waals surface area contributed by atoms with Gasteiger partial charge in [-0.3, -0.25) is 9.59 Å². The van der Waals surface area contributed by atoms with Gasteiger partial charge in [0.15, 0.2) is 6.61 Å². The number of halogens is 3. The van der Waals surface area contributed by atoms with E-state index in [1.165, 1.54) is 31.2 Å². The number of alkyl halides is 3. The lowest BCUT2D eigenvalue weighted by Crippen LogP contribution is -2.20. The third-order valence-corrected chi connectivity index (χ3v) is 3.11. The predicted molar refractivity (Wildman–Crippen MR) is 83.1 cm³/mol. The van der Waals surface area contributed by atoms with Crippen molar-refractivity contribution in [2.45, 2.75) is 13.1 Å². The maximum Gasteiger partial charge on any atom is 0.433 e. The second kappa shape index (κ2) is 7.20. The minimum absolute atomic E-state index is 0.0297. The molecule has 1 heterocycles. The highest BCUT2D eigenvalue weighted by molar-refractivity contribution is 6.05. The number of carbonyl (C=O) groups is 2. The second-order valence-electron chi connectivity index (χ2n) is 5.06. The molecule has 3 N–H and O–H groups in total. The van der Waals surface area contributed by atoms with E-state index >= 15 is 0 Å². The number of hydrogen-bond acceptors (Lipinski definition) is 4. The van der Waals surface area contributed by atoms with Crippen LogP contribution < -0.4 is 15.8 Å². The second-order valence-corrected chi connectivity index (χ2v) is 5.06. The van der Waals surface area contributed by atoms with Gasteiger partial charge in [0, 0.05) is 5.69 Å². The standard InChI is InChI=1S/C16H14F3N3O3/c1-9-12(6-7-13(21-9)16(17,18)19)15(24)22-10-2-4-11(5-3-10)25-8-14(20)23/h2-7H,8H2,1H3,(H2,20,23)(H,22,24). The lowest BCUT2D eigenvalue weighted by molar-refractivity contribution is -0.141. The molecule has 6 nitrogen and oxygen atoms in total. The molecule has 0 radical (unpaired) electrons. The average molecular weight is 353 g/mol. The molecule has 2 aromatic rings. The van der Waals surface area contributed by atoms with E-state index in [-0.39, 0.29) is 17.9 Å². The van der Waals surface area contributed by atoms with Crippen molar-refractivity contribution < 1.29 is 27.5 Å². The molecule has 25 heavy (non-hydrogen) atoms. The summed E-state index contributed by atoms with van der Waals surface area (Å²) in [5.41, 5.74) is 4.29. The van der Waals surface area contributed by atoms with Crippen molar-refractivity contribution in [1.82, 2.24) is 4.98 Å². The average Bonchev–Trinajstić information content (AvgIpc) is 2.53. The number of nitrogens with zero attached hydrogens (tertiary/aromatic N) is 1. The minimum atomic E-state index is -4.57. The van der Waals surface area contributed by atoms with Gasteiger partial charge >= 0.3 is 6.18 Å². The number of nitrogens with one attached hydrogen (secondary N) is 1. The highest BCUT2D eigenvalue weighted by Gasteiger charge is 2.33. The lowest BCUT2D eigenvalue weighted by Gasteiger charge is -2.11. The molecule has 0 atom stereocenters. The predicted octanol–water partition coefficient (Wildman–Crippen LogP) is 2.53. The fraction of sp³-hybridized carbons (Fsp3) is 0.188. The zero-order chi connectivity index (χ0) is 18.6. The molecule has 0 aliphatic carbocycles. The zero-order valence-corrected chi connectivity index (χ0v) is 13.1. The number of primary amides is 1. The van der Waals surface area contributed by atoms with Crippen LogP contribution in [-0.4, -0.2) is 23.4 Å². The summed E-state index contributed by atoms with van der Waals surface area (Å²) in [6, 6.07) is 7.88. The summed E-state index contributed by atoms with van der Waals surface area (Å²) in [5.74, 6) is -0.837. The number of carbonyl (C=O) groups excluding carboxylic acids is 2. The van der Waals surface area contributed by atoms with Crippen LogP contribution in [0.5, 0.6) is 5.75 Å².